The van der Waals surface area contributed by atoms with Crippen molar-refractivity contribution in [3.05, 3.63) is 35.4 Å². The van der Waals surface area contributed by atoms with E-state index in [-0.39, 0.29) is 6.04 Å². The van der Waals surface area contributed by atoms with Crippen molar-refractivity contribution in [2.24, 2.45) is 0 Å². The topological polar surface area (TPSA) is 70.7 Å². The summed E-state index contributed by atoms with van der Waals surface area (Å²) < 4.78 is 33.8. The van der Waals surface area contributed by atoms with Crippen molar-refractivity contribution in [2.45, 2.75) is 12.5 Å². The summed E-state index contributed by atoms with van der Waals surface area (Å²) >= 11 is 0. The summed E-state index contributed by atoms with van der Waals surface area (Å²) in [5, 5.41) is 3.48. The van der Waals surface area contributed by atoms with Gasteiger partial charge in [-0.05, 0) is 36.7 Å². The van der Waals surface area contributed by atoms with Crippen LogP contribution in [-0.4, -0.2) is 73.7 Å². The molecule has 32 heavy (non-hydrogen) atoms. The van der Waals surface area contributed by atoms with E-state index in [9.17, 15) is 0 Å². The normalized spacial score (nSPS) is 15.4. The third kappa shape index (κ3) is 4.81. The van der Waals surface area contributed by atoms with Crippen molar-refractivity contribution in [3.63, 3.8) is 0 Å². The number of ether oxygens (including phenoxy) is 6. The van der Waals surface area contributed by atoms with Gasteiger partial charge in [0.2, 0.25) is 5.75 Å². The minimum Gasteiger partial charge on any atom is -0.496 e. The van der Waals surface area contributed by atoms with Crippen molar-refractivity contribution in [3.8, 4) is 34.5 Å². The van der Waals surface area contributed by atoms with E-state index in [0.29, 0.717) is 28.7 Å². The second kappa shape index (κ2) is 11.2. The van der Waals surface area contributed by atoms with Gasteiger partial charge in [-0.1, -0.05) is 0 Å². The van der Waals surface area contributed by atoms with Gasteiger partial charge in [-0.2, -0.15) is 0 Å². The zero-order valence-corrected chi connectivity index (χ0v) is 19.8. The number of rotatable bonds is 9. The molecule has 1 aliphatic rings. The molecular weight excluding hydrogens is 412 g/mol. The van der Waals surface area contributed by atoms with Gasteiger partial charge in [0.1, 0.15) is 5.75 Å². The van der Waals surface area contributed by atoms with Crippen LogP contribution in [0.3, 0.4) is 0 Å². The average molecular weight is 447 g/mol. The van der Waals surface area contributed by atoms with Crippen molar-refractivity contribution < 1.29 is 28.4 Å². The smallest absolute Gasteiger partial charge is 0.203 e. The molecule has 1 N–H and O–H groups in total. The van der Waals surface area contributed by atoms with E-state index in [1.54, 1.807) is 42.7 Å². The fourth-order valence-corrected chi connectivity index (χ4v) is 4.24. The van der Waals surface area contributed by atoms with Gasteiger partial charge in [0, 0.05) is 31.3 Å². The molecule has 0 amide bonds. The molecule has 0 saturated carbocycles. The molecule has 8 nitrogen and oxygen atoms in total. The zero-order valence-electron chi connectivity index (χ0n) is 19.8. The maximum absolute atomic E-state index is 5.80. The lowest BCUT2D eigenvalue weighted by Gasteiger charge is -2.33. The van der Waals surface area contributed by atoms with Crippen LogP contribution >= 0.6 is 0 Å². The van der Waals surface area contributed by atoms with Gasteiger partial charge in [-0.25, -0.2) is 0 Å². The number of hydrogen-bond donors (Lipinski definition) is 1. The predicted octanol–water partition coefficient (Wildman–Crippen LogP) is 3.12. The first-order valence-electron chi connectivity index (χ1n) is 10.7. The summed E-state index contributed by atoms with van der Waals surface area (Å²) in [6.07, 6.45) is 1.04. The van der Waals surface area contributed by atoms with Crippen LogP contribution in [0.2, 0.25) is 0 Å². The highest BCUT2D eigenvalue weighted by atomic mass is 16.5. The first-order chi connectivity index (χ1) is 15.6. The van der Waals surface area contributed by atoms with E-state index in [0.717, 1.165) is 49.5 Å². The molecule has 1 saturated heterocycles. The summed E-state index contributed by atoms with van der Waals surface area (Å²) in [7, 11) is 9.79. The molecule has 3 rings (SSSR count). The van der Waals surface area contributed by atoms with Crippen molar-refractivity contribution in [2.75, 3.05) is 68.8 Å². The molecule has 2 aromatic carbocycles. The van der Waals surface area contributed by atoms with Gasteiger partial charge < -0.3 is 33.7 Å². The predicted molar refractivity (Wildman–Crippen MR) is 123 cm³/mol. The number of methoxy groups -OCH3 is 6. The fraction of sp³-hybridized carbons (Fsp3) is 0.500. The molecule has 1 fully saturated rings. The second-order valence-corrected chi connectivity index (χ2v) is 7.45. The minimum absolute atomic E-state index is 0.127. The first-order valence-corrected chi connectivity index (χ1v) is 10.7. The SMILES string of the molecule is COc1cc(OC)c(C(c2cc(OC)c(OC)c(OC)c2)N2CCCNCC2)cc1OC. The molecule has 1 atom stereocenters. The Bertz CT molecular complexity index is 871. The summed E-state index contributed by atoms with van der Waals surface area (Å²) in [6.45, 7) is 3.68. The van der Waals surface area contributed by atoms with Crippen molar-refractivity contribution in [1.82, 2.24) is 10.2 Å². The van der Waals surface area contributed by atoms with Gasteiger partial charge >= 0.3 is 0 Å². The molecule has 0 aromatic heterocycles. The van der Waals surface area contributed by atoms with E-state index in [1.165, 1.54) is 0 Å². The third-order valence-corrected chi connectivity index (χ3v) is 5.77. The maximum Gasteiger partial charge on any atom is 0.203 e. The molecule has 0 radical (unpaired) electrons. The van der Waals surface area contributed by atoms with Crippen LogP contribution in [0, 0.1) is 0 Å². The lowest BCUT2D eigenvalue weighted by atomic mass is 9.94. The molecule has 0 spiro atoms. The van der Waals surface area contributed by atoms with E-state index in [2.05, 4.69) is 10.2 Å². The Hall–Kier alpha value is -2.84. The monoisotopic (exact) mass is 446 g/mol. The quantitative estimate of drug-likeness (QED) is 0.630. The van der Waals surface area contributed by atoms with Crippen LogP contribution in [0.25, 0.3) is 0 Å². The summed E-state index contributed by atoms with van der Waals surface area (Å²) in [5.74, 6) is 3.77. The number of nitrogens with one attached hydrogen (secondary N) is 1. The number of benzene rings is 2. The van der Waals surface area contributed by atoms with Crippen molar-refractivity contribution in [1.29, 1.82) is 0 Å². The van der Waals surface area contributed by atoms with Crippen LogP contribution in [0.5, 0.6) is 34.5 Å². The van der Waals surface area contributed by atoms with Crippen LogP contribution in [0.4, 0.5) is 0 Å². The highest BCUT2D eigenvalue weighted by Gasteiger charge is 2.30. The summed E-state index contributed by atoms with van der Waals surface area (Å²) in [5.41, 5.74) is 1.98. The molecule has 0 aliphatic carbocycles. The van der Waals surface area contributed by atoms with Crippen LogP contribution in [-0.2, 0) is 0 Å². The number of hydrogen-bond acceptors (Lipinski definition) is 8. The van der Waals surface area contributed by atoms with E-state index >= 15 is 0 Å². The Morgan fingerprint density at radius 1 is 0.656 bits per heavy atom. The Kier molecular flexibility index (Phi) is 8.30. The Labute approximate surface area is 190 Å². The molecule has 2 aromatic rings. The summed E-state index contributed by atoms with van der Waals surface area (Å²) in [4.78, 5) is 2.43. The van der Waals surface area contributed by atoms with Gasteiger partial charge in [-0.3, -0.25) is 4.90 Å². The number of nitrogens with zero attached hydrogens (tertiary/aromatic N) is 1. The van der Waals surface area contributed by atoms with Gasteiger partial charge in [0.25, 0.3) is 0 Å². The van der Waals surface area contributed by atoms with E-state index in [1.807, 2.05) is 24.3 Å². The molecule has 1 heterocycles. The van der Waals surface area contributed by atoms with Crippen LogP contribution in [0.1, 0.15) is 23.6 Å². The van der Waals surface area contributed by atoms with Crippen LogP contribution < -0.4 is 33.7 Å². The molecule has 1 unspecified atom stereocenters. The standard InChI is InChI=1S/C24H34N2O6/c1-27-18-15-20(29-3)19(28-2)14-17(18)23(26-10-7-8-25-9-11-26)16-12-21(30-4)24(32-6)22(13-16)31-5/h12-15,23,25H,7-11H2,1-6H3. The molecule has 1 aliphatic heterocycles. The summed E-state index contributed by atoms with van der Waals surface area (Å²) in [6, 6.07) is 7.73. The Balaban J connectivity index is 2.24. The Morgan fingerprint density at radius 2 is 1.25 bits per heavy atom. The maximum atomic E-state index is 5.80. The lowest BCUT2D eigenvalue weighted by molar-refractivity contribution is 0.233. The zero-order chi connectivity index (χ0) is 23.1. The molecule has 176 valence electrons. The highest BCUT2D eigenvalue weighted by molar-refractivity contribution is 5.58. The van der Waals surface area contributed by atoms with Crippen LogP contribution in [0.15, 0.2) is 24.3 Å². The molecule has 0 bridgehead atoms. The van der Waals surface area contributed by atoms with Gasteiger partial charge in [-0.15, -0.1) is 0 Å². The first kappa shape index (κ1) is 23.8. The molecular formula is C24H34N2O6. The van der Waals surface area contributed by atoms with Gasteiger partial charge in [0.15, 0.2) is 23.0 Å². The van der Waals surface area contributed by atoms with E-state index in [4.69, 9.17) is 28.4 Å². The average Bonchev–Trinajstić information content (AvgIpc) is 3.12. The highest BCUT2D eigenvalue weighted by Crippen LogP contribution is 2.46. The largest absolute Gasteiger partial charge is 0.496 e. The second-order valence-electron chi connectivity index (χ2n) is 7.45. The lowest BCUT2D eigenvalue weighted by Crippen LogP contribution is -2.33. The third-order valence-electron chi connectivity index (χ3n) is 5.77. The van der Waals surface area contributed by atoms with Gasteiger partial charge in [0.05, 0.1) is 48.7 Å². The minimum atomic E-state index is -0.127. The molecule has 8 heteroatoms. The van der Waals surface area contributed by atoms with E-state index < -0.39 is 0 Å². The Morgan fingerprint density at radius 3 is 1.81 bits per heavy atom. The fourth-order valence-electron chi connectivity index (χ4n) is 4.24. The van der Waals surface area contributed by atoms with Crippen molar-refractivity contribution >= 4 is 0 Å².